The molecule has 1 aliphatic heterocycles. The number of carbonyl (C=O) groups excluding carboxylic acids is 2. The second-order valence-electron chi connectivity index (χ2n) is 5.74. The summed E-state index contributed by atoms with van der Waals surface area (Å²) in [4.78, 5) is 23.3. The number of hydrogen-bond acceptors (Lipinski definition) is 6. The summed E-state index contributed by atoms with van der Waals surface area (Å²) in [6.45, 7) is 0.846. The Kier molecular flexibility index (Phi) is 5.50. The number of anilines is 1. The van der Waals surface area contributed by atoms with Gasteiger partial charge in [-0.3, -0.25) is 9.59 Å². The zero-order valence-electron chi connectivity index (χ0n) is 13.8. The van der Waals surface area contributed by atoms with Crippen molar-refractivity contribution in [2.45, 2.75) is 12.8 Å². The summed E-state index contributed by atoms with van der Waals surface area (Å²) < 4.78 is 19.9. The van der Waals surface area contributed by atoms with E-state index < -0.39 is 23.0 Å². The van der Waals surface area contributed by atoms with E-state index in [0.29, 0.717) is 13.2 Å². The molecule has 2 aromatic rings. The van der Waals surface area contributed by atoms with Crippen LogP contribution in [-0.2, 0) is 31.9 Å². The van der Waals surface area contributed by atoms with Gasteiger partial charge in [0, 0.05) is 6.61 Å². The van der Waals surface area contributed by atoms with Crippen LogP contribution in [0.1, 0.15) is 12.0 Å². The highest BCUT2D eigenvalue weighted by molar-refractivity contribution is 7.87. The van der Waals surface area contributed by atoms with Crippen LogP contribution in [0.5, 0.6) is 5.75 Å². The Morgan fingerprint density at radius 3 is 2.62 bits per heavy atom. The van der Waals surface area contributed by atoms with Crippen molar-refractivity contribution >= 4 is 39.4 Å². The molecule has 0 bridgehead atoms. The average Bonchev–Trinajstić information content (AvgIpc) is 2.86. The van der Waals surface area contributed by atoms with E-state index in [4.69, 9.17) is 9.84 Å². The van der Waals surface area contributed by atoms with Crippen molar-refractivity contribution in [3.05, 3.63) is 35.9 Å². The van der Waals surface area contributed by atoms with Crippen molar-refractivity contribution in [1.82, 2.24) is 4.72 Å². The molecule has 9 heteroatoms. The van der Waals surface area contributed by atoms with E-state index in [1.165, 1.54) is 12.1 Å². The molecule has 1 aliphatic rings. The third-order valence-corrected chi connectivity index (χ3v) is 4.99. The lowest BCUT2D eigenvalue weighted by molar-refractivity contribution is -0.134. The van der Waals surface area contributed by atoms with Gasteiger partial charge in [0.1, 0.15) is 11.4 Å². The van der Waals surface area contributed by atoms with Gasteiger partial charge in [-0.05, 0) is 41.3 Å². The number of nitrogens with zero attached hydrogens (tertiary/aromatic N) is 1. The molecule has 8 nitrogen and oxygen atoms in total. The van der Waals surface area contributed by atoms with Crippen molar-refractivity contribution in [2.75, 3.05) is 24.1 Å². The van der Waals surface area contributed by atoms with Gasteiger partial charge in [-0.25, -0.2) is 8.93 Å². The molecule has 26 heavy (non-hydrogen) atoms. The monoisotopic (exact) mass is 378 g/mol. The SMILES string of the molecule is O=C1NS(=O)N(c2cc3cc(CCCOCCO)ccc3cc2O)C1=O. The van der Waals surface area contributed by atoms with Crippen LogP contribution in [0.3, 0.4) is 0 Å². The molecule has 0 aliphatic carbocycles. The zero-order chi connectivity index (χ0) is 18.7. The van der Waals surface area contributed by atoms with Crippen molar-refractivity contribution in [2.24, 2.45) is 0 Å². The fraction of sp³-hybridized carbons (Fsp3) is 0.294. The number of aromatic hydroxyl groups is 1. The number of ether oxygens (including phenoxy) is 1. The Labute approximate surface area is 152 Å². The van der Waals surface area contributed by atoms with Crippen LogP contribution < -0.4 is 9.03 Å². The lowest BCUT2D eigenvalue weighted by Gasteiger charge is -2.15. The summed E-state index contributed by atoms with van der Waals surface area (Å²) in [7, 11) is 0. The standard InChI is InChI=1S/C17H18N2O6S/c20-5-7-25-6-1-2-11-3-4-12-10-15(21)14(9-13(12)8-11)19-17(23)16(22)18-26(19)24/h3-4,8-10,20-21H,1-2,5-7H2,(H,18,22). The van der Waals surface area contributed by atoms with Crippen LogP contribution >= 0.6 is 0 Å². The predicted molar refractivity (Wildman–Crippen MR) is 95.6 cm³/mol. The van der Waals surface area contributed by atoms with Crippen molar-refractivity contribution in [1.29, 1.82) is 0 Å². The lowest BCUT2D eigenvalue weighted by Crippen LogP contribution is -2.27. The molecule has 1 fully saturated rings. The van der Waals surface area contributed by atoms with Crippen LogP contribution in [0.15, 0.2) is 30.3 Å². The molecule has 2 amide bonds. The minimum atomic E-state index is -2.05. The summed E-state index contributed by atoms with van der Waals surface area (Å²) in [5, 5.41) is 20.4. The Hall–Kier alpha value is -2.49. The average molecular weight is 378 g/mol. The van der Waals surface area contributed by atoms with Crippen LogP contribution in [0, 0.1) is 0 Å². The molecule has 1 atom stereocenters. The number of aliphatic hydroxyl groups is 1. The number of benzene rings is 2. The number of nitrogens with one attached hydrogen (secondary N) is 1. The molecular formula is C17H18N2O6S. The number of fused-ring (bicyclic) bond motifs is 1. The molecule has 0 radical (unpaired) electrons. The zero-order valence-corrected chi connectivity index (χ0v) is 14.6. The molecule has 138 valence electrons. The van der Waals surface area contributed by atoms with E-state index in [1.54, 1.807) is 0 Å². The maximum absolute atomic E-state index is 11.9. The third kappa shape index (κ3) is 3.69. The lowest BCUT2D eigenvalue weighted by atomic mass is 10.0. The minimum Gasteiger partial charge on any atom is -0.506 e. The number of aryl methyl sites for hydroxylation is 1. The normalized spacial score (nSPS) is 17.1. The first-order valence-electron chi connectivity index (χ1n) is 8.02. The number of amides is 2. The molecule has 1 heterocycles. The molecule has 0 saturated carbocycles. The van der Waals surface area contributed by atoms with E-state index in [2.05, 4.69) is 0 Å². The van der Waals surface area contributed by atoms with Gasteiger partial charge in [0.25, 0.3) is 0 Å². The molecule has 1 saturated heterocycles. The van der Waals surface area contributed by atoms with Crippen LogP contribution in [-0.4, -0.2) is 46.1 Å². The fourth-order valence-corrected chi connectivity index (χ4v) is 3.62. The maximum atomic E-state index is 11.9. The number of aliphatic hydroxyl groups excluding tert-OH is 1. The van der Waals surface area contributed by atoms with Gasteiger partial charge in [-0.2, -0.15) is 4.31 Å². The molecule has 3 rings (SSSR count). The summed E-state index contributed by atoms with van der Waals surface area (Å²) in [6, 6.07) is 8.67. The third-order valence-electron chi connectivity index (χ3n) is 3.93. The van der Waals surface area contributed by atoms with Gasteiger partial charge in [-0.1, -0.05) is 18.2 Å². The van der Waals surface area contributed by atoms with Gasteiger partial charge in [0.2, 0.25) is 11.2 Å². The molecule has 3 N–H and O–H groups in total. The van der Waals surface area contributed by atoms with Crippen molar-refractivity contribution in [3.8, 4) is 5.75 Å². The molecule has 1 unspecified atom stereocenters. The first-order chi connectivity index (χ1) is 12.5. The number of phenolic OH excluding ortho intramolecular Hbond substituents is 1. The van der Waals surface area contributed by atoms with Crippen LogP contribution in [0.25, 0.3) is 10.8 Å². The fourth-order valence-electron chi connectivity index (χ4n) is 2.72. The highest BCUT2D eigenvalue weighted by Gasteiger charge is 2.38. The second kappa shape index (κ2) is 7.81. The smallest absolute Gasteiger partial charge is 0.330 e. The predicted octanol–water partition coefficient (Wildman–Crippen LogP) is 0.528. The van der Waals surface area contributed by atoms with Gasteiger partial charge in [0.15, 0.2) is 0 Å². The van der Waals surface area contributed by atoms with Gasteiger partial charge in [-0.15, -0.1) is 0 Å². The van der Waals surface area contributed by atoms with Crippen LogP contribution in [0.4, 0.5) is 5.69 Å². The summed E-state index contributed by atoms with van der Waals surface area (Å²) in [5.74, 6) is -2.18. The van der Waals surface area contributed by atoms with E-state index in [0.717, 1.165) is 33.5 Å². The second-order valence-corrected chi connectivity index (χ2v) is 6.81. The Morgan fingerprint density at radius 1 is 1.12 bits per heavy atom. The summed E-state index contributed by atoms with van der Waals surface area (Å²) in [5.41, 5.74) is 1.05. The molecule has 0 spiro atoms. The Balaban J connectivity index is 1.85. The van der Waals surface area contributed by atoms with Crippen molar-refractivity contribution in [3.63, 3.8) is 0 Å². The van der Waals surface area contributed by atoms with Crippen molar-refractivity contribution < 1.29 is 28.7 Å². The molecule has 2 aromatic carbocycles. The maximum Gasteiger partial charge on any atom is 0.330 e. The number of rotatable bonds is 7. The number of phenols is 1. The first kappa shape index (κ1) is 18.3. The van der Waals surface area contributed by atoms with E-state index >= 15 is 0 Å². The minimum absolute atomic E-state index is 0.00377. The topological polar surface area (TPSA) is 116 Å². The summed E-state index contributed by atoms with van der Waals surface area (Å²) >= 11 is -2.05. The summed E-state index contributed by atoms with van der Waals surface area (Å²) in [6.07, 6.45) is 1.54. The highest BCUT2D eigenvalue weighted by atomic mass is 32.2. The molecule has 0 aromatic heterocycles. The largest absolute Gasteiger partial charge is 0.506 e. The number of carbonyl (C=O) groups is 2. The Bertz CT molecular complexity index is 885. The van der Waals surface area contributed by atoms with Gasteiger partial charge >= 0.3 is 11.8 Å². The number of hydrogen-bond donors (Lipinski definition) is 3. The van der Waals surface area contributed by atoms with Crippen LogP contribution in [0.2, 0.25) is 0 Å². The quantitative estimate of drug-likeness (QED) is 0.478. The van der Waals surface area contributed by atoms with E-state index in [9.17, 15) is 18.9 Å². The Morgan fingerprint density at radius 2 is 1.92 bits per heavy atom. The highest BCUT2D eigenvalue weighted by Crippen LogP contribution is 2.34. The van der Waals surface area contributed by atoms with E-state index in [-0.39, 0.29) is 18.0 Å². The van der Waals surface area contributed by atoms with E-state index in [1.807, 2.05) is 22.9 Å². The van der Waals surface area contributed by atoms with Gasteiger partial charge < -0.3 is 14.9 Å². The first-order valence-corrected chi connectivity index (χ1v) is 9.13. The molecular weight excluding hydrogens is 360 g/mol. The van der Waals surface area contributed by atoms with Gasteiger partial charge in [0.05, 0.1) is 13.2 Å².